The maximum atomic E-state index is 5.82. The van der Waals surface area contributed by atoms with Crippen LogP contribution in [-0.4, -0.2) is 19.0 Å². The summed E-state index contributed by atoms with van der Waals surface area (Å²) in [7, 11) is 1.66. The van der Waals surface area contributed by atoms with Gasteiger partial charge in [-0.05, 0) is 17.5 Å². The van der Waals surface area contributed by atoms with E-state index in [1.54, 1.807) is 7.11 Å². The molecule has 0 fully saturated rings. The molecule has 0 amide bonds. The minimum Gasteiger partial charge on any atom is -0.497 e. The van der Waals surface area contributed by atoms with Gasteiger partial charge in [0, 0.05) is 17.3 Å². The largest absolute Gasteiger partial charge is 0.497 e. The average Bonchev–Trinajstić information content (AvgIpc) is 2.28. The molecular weight excluding hydrogens is 280 g/mol. The molecule has 0 aromatic heterocycles. The SMILES string of the molecule is COc1cccc(OCC(CBr)C(C)(C)C)c1. The monoisotopic (exact) mass is 300 g/mol. The van der Waals surface area contributed by atoms with E-state index >= 15 is 0 Å². The Morgan fingerprint density at radius 2 is 1.88 bits per heavy atom. The van der Waals surface area contributed by atoms with E-state index in [1.165, 1.54) is 0 Å². The number of hydrogen-bond donors (Lipinski definition) is 0. The molecule has 0 N–H and O–H groups in total. The smallest absolute Gasteiger partial charge is 0.122 e. The molecule has 0 aliphatic rings. The van der Waals surface area contributed by atoms with E-state index in [0.29, 0.717) is 12.5 Å². The topological polar surface area (TPSA) is 18.5 Å². The van der Waals surface area contributed by atoms with Gasteiger partial charge in [-0.3, -0.25) is 0 Å². The molecule has 0 radical (unpaired) electrons. The third-order valence-corrected chi connectivity index (χ3v) is 3.68. The Bertz CT molecular complexity index is 344. The quantitative estimate of drug-likeness (QED) is 0.761. The predicted molar refractivity (Wildman–Crippen MR) is 75.2 cm³/mol. The van der Waals surface area contributed by atoms with Gasteiger partial charge >= 0.3 is 0 Å². The Hall–Kier alpha value is -0.700. The second-order valence-corrected chi connectivity index (χ2v) is 5.85. The Labute approximate surface area is 112 Å². The van der Waals surface area contributed by atoms with Crippen LogP contribution in [0.25, 0.3) is 0 Å². The minimum absolute atomic E-state index is 0.238. The van der Waals surface area contributed by atoms with Crippen molar-refractivity contribution < 1.29 is 9.47 Å². The van der Waals surface area contributed by atoms with Gasteiger partial charge in [0.05, 0.1) is 13.7 Å². The molecule has 1 atom stereocenters. The maximum Gasteiger partial charge on any atom is 0.122 e. The summed E-state index contributed by atoms with van der Waals surface area (Å²) >= 11 is 3.55. The Morgan fingerprint density at radius 3 is 2.41 bits per heavy atom. The normalized spacial score (nSPS) is 13.2. The molecule has 1 aromatic rings. The zero-order valence-electron chi connectivity index (χ0n) is 11.0. The van der Waals surface area contributed by atoms with Crippen LogP contribution >= 0.6 is 15.9 Å². The summed E-state index contributed by atoms with van der Waals surface area (Å²) in [4.78, 5) is 0. The van der Waals surface area contributed by atoms with Gasteiger partial charge in [-0.2, -0.15) is 0 Å². The fraction of sp³-hybridized carbons (Fsp3) is 0.571. The first-order valence-corrected chi connectivity index (χ1v) is 6.92. The lowest BCUT2D eigenvalue weighted by Crippen LogP contribution is -2.27. The molecule has 0 heterocycles. The molecule has 0 spiro atoms. The van der Waals surface area contributed by atoms with E-state index in [9.17, 15) is 0 Å². The van der Waals surface area contributed by atoms with Crippen molar-refractivity contribution in [1.29, 1.82) is 0 Å². The van der Waals surface area contributed by atoms with Crippen LogP contribution in [0.3, 0.4) is 0 Å². The van der Waals surface area contributed by atoms with Crippen LogP contribution in [0.15, 0.2) is 24.3 Å². The van der Waals surface area contributed by atoms with Gasteiger partial charge in [0.1, 0.15) is 11.5 Å². The van der Waals surface area contributed by atoms with Crippen molar-refractivity contribution in [3.8, 4) is 11.5 Å². The summed E-state index contributed by atoms with van der Waals surface area (Å²) in [6.07, 6.45) is 0. The zero-order valence-corrected chi connectivity index (χ0v) is 12.6. The van der Waals surface area contributed by atoms with E-state index in [-0.39, 0.29) is 5.41 Å². The molecule has 2 nitrogen and oxygen atoms in total. The summed E-state index contributed by atoms with van der Waals surface area (Å²) in [6.45, 7) is 7.40. The van der Waals surface area contributed by atoms with Crippen LogP contribution in [0.4, 0.5) is 0 Å². The summed E-state index contributed by atoms with van der Waals surface area (Å²) in [5.41, 5.74) is 0.238. The molecule has 0 bridgehead atoms. The summed E-state index contributed by atoms with van der Waals surface area (Å²) in [6, 6.07) is 7.72. The summed E-state index contributed by atoms with van der Waals surface area (Å²) in [5, 5.41) is 0.945. The van der Waals surface area contributed by atoms with E-state index in [0.717, 1.165) is 16.8 Å². The zero-order chi connectivity index (χ0) is 12.9. The van der Waals surface area contributed by atoms with Gasteiger partial charge in [-0.25, -0.2) is 0 Å². The van der Waals surface area contributed by atoms with Gasteiger partial charge in [-0.1, -0.05) is 42.8 Å². The highest BCUT2D eigenvalue weighted by molar-refractivity contribution is 9.09. The van der Waals surface area contributed by atoms with Gasteiger partial charge < -0.3 is 9.47 Å². The van der Waals surface area contributed by atoms with Gasteiger partial charge in [0.25, 0.3) is 0 Å². The van der Waals surface area contributed by atoms with Crippen LogP contribution in [0.1, 0.15) is 20.8 Å². The number of halogens is 1. The summed E-state index contributed by atoms with van der Waals surface area (Å²) in [5.74, 6) is 2.17. The highest BCUT2D eigenvalue weighted by Gasteiger charge is 2.24. The molecule has 17 heavy (non-hydrogen) atoms. The number of rotatable bonds is 5. The first-order valence-electron chi connectivity index (χ1n) is 5.80. The number of hydrogen-bond acceptors (Lipinski definition) is 2. The molecule has 0 saturated carbocycles. The average molecular weight is 301 g/mol. The van der Waals surface area contributed by atoms with Crippen LogP contribution in [-0.2, 0) is 0 Å². The van der Waals surface area contributed by atoms with E-state index in [4.69, 9.17) is 9.47 Å². The van der Waals surface area contributed by atoms with E-state index in [1.807, 2.05) is 24.3 Å². The second-order valence-electron chi connectivity index (χ2n) is 5.21. The van der Waals surface area contributed by atoms with Crippen molar-refractivity contribution in [3.05, 3.63) is 24.3 Å². The van der Waals surface area contributed by atoms with Crippen LogP contribution in [0.2, 0.25) is 0 Å². The Kier molecular flexibility index (Phi) is 5.31. The third kappa shape index (κ3) is 4.58. The molecule has 1 aromatic carbocycles. The first kappa shape index (κ1) is 14.4. The number of alkyl halides is 1. The van der Waals surface area contributed by atoms with Gasteiger partial charge in [-0.15, -0.1) is 0 Å². The molecule has 96 valence electrons. The lowest BCUT2D eigenvalue weighted by molar-refractivity contribution is 0.165. The van der Waals surface area contributed by atoms with Crippen LogP contribution in [0, 0.1) is 11.3 Å². The minimum atomic E-state index is 0.238. The second kappa shape index (κ2) is 6.29. The highest BCUT2D eigenvalue weighted by atomic mass is 79.9. The van der Waals surface area contributed by atoms with E-state index < -0.39 is 0 Å². The van der Waals surface area contributed by atoms with Crippen molar-refractivity contribution in [3.63, 3.8) is 0 Å². The van der Waals surface area contributed by atoms with Crippen molar-refractivity contribution in [2.24, 2.45) is 11.3 Å². The lowest BCUT2D eigenvalue weighted by atomic mass is 9.83. The van der Waals surface area contributed by atoms with Gasteiger partial charge in [0.2, 0.25) is 0 Å². The van der Waals surface area contributed by atoms with Crippen LogP contribution in [0.5, 0.6) is 11.5 Å². The fourth-order valence-electron chi connectivity index (χ4n) is 1.41. The third-order valence-electron chi connectivity index (χ3n) is 2.90. The molecule has 0 aliphatic carbocycles. The van der Waals surface area contributed by atoms with Crippen LogP contribution < -0.4 is 9.47 Å². The molecule has 0 aliphatic heterocycles. The highest BCUT2D eigenvalue weighted by Crippen LogP contribution is 2.28. The molecule has 3 heteroatoms. The number of benzene rings is 1. The standard InChI is InChI=1S/C14H21BrO2/c1-14(2,3)11(9-15)10-17-13-7-5-6-12(8-13)16-4/h5-8,11H,9-10H2,1-4H3. The Morgan fingerprint density at radius 1 is 1.24 bits per heavy atom. The van der Waals surface area contributed by atoms with Crippen molar-refractivity contribution in [2.75, 3.05) is 19.0 Å². The molecule has 1 rings (SSSR count). The first-order chi connectivity index (χ1) is 7.97. The predicted octanol–water partition coefficient (Wildman–Crippen LogP) is 4.13. The summed E-state index contributed by atoms with van der Waals surface area (Å²) < 4.78 is 11.0. The fourth-order valence-corrected chi connectivity index (χ4v) is 2.57. The van der Waals surface area contributed by atoms with Crippen molar-refractivity contribution >= 4 is 15.9 Å². The Balaban J connectivity index is 2.59. The maximum absolute atomic E-state index is 5.82. The van der Waals surface area contributed by atoms with E-state index in [2.05, 4.69) is 36.7 Å². The lowest BCUT2D eigenvalue weighted by Gasteiger charge is -2.29. The number of methoxy groups -OCH3 is 1. The molecule has 0 saturated heterocycles. The molecular formula is C14H21BrO2. The van der Waals surface area contributed by atoms with Crippen molar-refractivity contribution in [1.82, 2.24) is 0 Å². The van der Waals surface area contributed by atoms with Gasteiger partial charge in [0.15, 0.2) is 0 Å². The number of ether oxygens (including phenoxy) is 2. The van der Waals surface area contributed by atoms with Crippen molar-refractivity contribution in [2.45, 2.75) is 20.8 Å². The molecule has 1 unspecified atom stereocenters.